The maximum absolute atomic E-state index is 14.3. The van der Waals surface area contributed by atoms with E-state index in [4.69, 9.17) is 4.74 Å². The molecule has 1 aliphatic heterocycles. The minimum Gasteiger partial charge on any atom is -0.494 e. The number of methoxy groups -OCH3 is 1. The van der Waals surface area contributed by atoms with Gasteiger partial charge in [-0.3, -0.25) is 4.79 Å². The van der Waals surface area contributed by atoms with Gasteiger partial charge in [0.1, 0.15) is 0 Å². The summed E-state index contributed by atoms with van der Waals surface area (Å²) in [5.41, 5.74) is 0.924. The van der Waals surface area contributed by atoms with Crippen molar-refractivity contribution in [1.82, 2.24) is 4.90 Å². The molecule has 0 spiro atoms. The summed E-state index contributed by atoms with van der Waals surface area (Å²) in [7, 11) is 1.38. The first kappa shape index (κ1) is 17.4. The van der Waals surface area contributed by atoms with E-state index in [1.165, 1.54) is 19.2 Å². The molecule has 1 fully saturated rings. The lowest BCUT2D eigenvalue weighted by Gasteiger charge is -2.34. The number of nitrogens with zero attached hydrogens (tertiary/aromatic N) is 1. The predicted octanol–water partition coefficient (Wildman–Crippen LogP) is 3.42. The lowest BCUT2D eigenvalue weighted by Crippen LogP contribution is -2.40. The Bertz CT molecular complexity index is 727. The van der Waals surface area contributed by atoms with Gasteiger partial charge in [0, 0.05) is 13.1 Å². The number of carbonyl (C=O) groups excluding carboxylic acids is 1. The molecule has 0 aromatic heterocycles. The summed E-state index contributed by atoms with van der Waals surface area (Å²) in [5.74, 6) is -0.785. The fraction of sp³-hybridized carbons (Fsp3) is 0.350. The van der Waals surface area contributed by atoms with E-state index in [1.54, 1.807) is 11.0 Å². The number of aliphatic hydroxyl groups is 1. The van der Waals surface area contributed by atoms with Crippen molar-refractivity contribution in [1.29, 1.82) is 0 Å². The molecule has 2 aromatic carbocycles. The van der Waals surface area contributed by atoms with Crippen LogP contribution in [0.2, 0.25) is 0 Å². The highest BCUT2D eigenvalue weighted by Gasteiger charge is 2.30. The molecular weight excluding hydrogens is 321 g/mol. The molecule has 5 heteroatoms. The number of amides is 1. The second-order valence-corrected chi connectivity index (χ2v) is 6.31. The van der Waals surface area contributed by atoms with Gasteiger partial charge in [-0.25, -0.2) is 4.39 Å². The van der Waals surface area contributed by atoms with E-state index in [2.05, 4.69) is 0 Å². The molecular formula is C20H22FNO3. The Hall–Kier alpha value is -2.40. The van der Waals surface area contributed by atoms with Crippen molar-refractivity contribution < 1.29 is 19.0 Å². The predicted molar refractivity (Wildman–Crippen MR) is 93.0 cm³/mol. The van der Waals surface area contributed by atoms with Gasteiger partial charge < -0.3 is 14.7 Å². The van der Waals surface area contributed by atoms with Crippen LogP contribution in [0.25, 0.3) is 0 Å². The van der Waals surface area contributed by atoms with Gasteiger partial charge in [0.15, 0.2) is 11.6 Å². The van der Waals surface area contributed by atoms with Crippen LogP contribution < -0.4 is 4.74 Å². The van der Waals surface area contributed by atoms with E-state index < -0.39 is 11.9 Å². The largest absolute Gasteiger partial charge is 0.494 e. The molecule has 1 unspecified atom stereocenters. The van der Waals surface area contributed by atoms with E-state index in [1.807, 2.05) is 30.3 Å². The average Bonchev–Trinajstić information content (AvgIpc) is 2.68. The van der Waals surface area contributed by atoms with E-state index >= 15 is 0 Å². The third kappa shape index (κ3) is 3.66. The van der Waals surface area contributed by atoms with Crippen LogP contribution in [0.1, 0.15) is 34.9 Å². The van der Waals surface area contributed by atoms with Crippen LogP contribution in [0.4, 0.5) is 4.39 Å². The van der Waals surface area contributed by atoms with E-state index in [9.17, 15) is 14.3 Å². The molecule has 4 nitrogen and oxygen atoms in total. The van der Waals surface area contributed by atoms with E-state index in [0.717, 1.165) is 5.56 Å². The molecule has 0 bridgehead atoms. The smallest absolute Gasteiger partial charge is 0.256 e. The Morgan fingerprint density at radius 3 is 2.48 bits per heavy atom. The number of piperidine rings is 1. The molecule has 1 aliphatic rings. The molecule has 132 valence electrons. The number of rotatable bonds is 4. The van der Waals surface area contributed by atoms with Crippen LogP contribution in [0, 0.1) is 11.7 Å². The zero-order valence-electron chi connectivity index (χ0n) is 14.2. The van der Waals surface area contributed by atoms with Crippen LogP contribution >= 0.6 is 0 Å². The van der Waals surface area contributed by atoms with Gasteiger partial charge in [-0.2, -0.15) is 0 Å². The highest BCUT2D eigenvalue weighted by molar-refractivity contribution is 5.95. The Balaban J connectivity index is 1.65. The lowest BCUT2D eigenvalue weighted by atomic mass is 9.87. The molecule has 1 N–H and O–H groups in total. The van der Waals surface area contributed by atoms with Crippen LogP contribution in [-0.2, 0) is 0 Å². The molecule has 0 aliphatic carbocycles. The van der Waals surface area contributed by atoms with Gasteiger partial charge in [-0.05, 0) is 36.5 Å². The maximum Gasteiger partial charge on any atom is 0.256 e. The number of aliphatic hydroxyl groups excluding tert-OH is 1. The van der Waals surface area contributed by atoms with Crippen molar-refractivity contribution in [2.75, 3.05) is 20.2 Å². The van der Waals surface area contributed by atoms with Crippen molar-refractivity contribution >= 4 is 5.91 Å². The summed E-state index contributed by atoms with van der Waals surface area (Å²) < 4.78 is 19.2. The lowest BCUT2D eigenvalue weighted by molar-refractivity contribution is 0.0459. The number of likely N-dealkylation sites (tertiary alicyclic amines) is 1. The standard InChI is InChI=1S/C20H22FNO3/c1-25-17-9-5-8-16(18(17)21)20(24)22-12-10-15(11-13-22)19(23)14-6-3-2-4-7-14/h2-9,15,19,23H,10-13H2,1H3. The minimum atomic E-state index is -0.624. The fourth-order valence-electron chi connectivity index (χ4n) is 3.34. The van der Waals surface area contributed by atoms with Gasteiger partial charge in [0.25, 0.3) is 5.91 Å². The minimum absolute atomic E-state index is 0.0291. The summed E-state index contributed by atoms with van der Waals surface area (Å²) in [4.78, 5) is 14.2. The van der Waals surface area contributed by atoms with Crippen LogP contribution in [0.5, 0.6) is 5.75 Å². The van der Waals surface area contributed by atoms with Gasteiger partial charge in [-0.1, -0.05) is 36.4 Å². The van der Waals surface area contributed by atoms with Gasteiger partial charge in [0.2, 0.25) is 0 Å². The molecule has 1 atom stereocenters. The topological polar surface area (TPSA) is 49.8 Å². The summed E-state index contributed by atoms with van der Waals surface area (Å²) in [6.07, 6.45) is 0.841. The van der Waals surface area contributed by atoms with Gasteiger partial charge in [0.05, 0.1) is 18.8 Å². The zero-order valence-corrected chi connectivity index (χ0v) is 14.2. The number of ether oxygens (including phenoxy) is 1. The summed E-state index contributed by atoms with van der Waals surface area (Å²) in [6, 6.07) is 14.1. The van der Waals surface area contributed by atoms with E-state index in [-0.39, 0.29) is 23.1 Å². The average molecular weight is 343 g/mol. The third-order valence-electron chi connectivity index (χ3n) is 4.83. The first-order valence-electron chi connectivity index (χ1n) is 8.46. The summed E-state index contributed by atoms with van der Waals surface area (Å²) >= 11 is 0. The molecule has 1 heterocycles. The van der Waals surface area contributed by atoms with Crippen molar-refractivity contribution in [3.63, 3.8) is 0 Å². The van der Waals surface area contributed by atoms with Crippen molar-refractivity contribution in [3.8, 4) is 5.75 Å². The Morgan fingerprint density at radius 1 is 1.16 bits per heavy atom. The molecule has 25 heavy (non-hydrogen) atoms. The number of carbonyl (C=O) groups is 1. The third-order valence-corrected chi connectivity index (χ3v) is 4.83. The monoisotopic (exact) mass is 343 g/mol. The maximum atomic E-state index is 14.3. The summed E-state index contributed by atoms with van der Waals surface area (Å²) in [6.45, 7) is 1.01. The molecule has 0 radical (unpaired) electrons. The number of halogens is 1. The number of hydrogen-bond donors (Lipinski definition) is 1. The van der Waals surface area contributed by atoms with Gasteiger partial charge in [-0.15, -0.1) is 0 Å². The Kier molecular flexibility index (Phi) is 5.34. The summed E-state index contributed by atoms with van der Waals surface area (Å²) in [5, 5.41) is 10.5. The quantitative estimate of drug-likeness (QED) is 0.925. The molecule has 2 aromatic rings. The SMILES string of the molecule is COc1cccc(C(=O)N2CCC(C(O)c3ccccc3)CC2)c1F. The van der Waals surface area contributed by atoms with Crippen molar-refractivity contribution in [2.24, 2.45) is 5.92 Å². The first-order chi connectivity index (χ1) is 12.1. The van der Waals surface area contributed by atoms with Crippen LogP contribution in [-0.4, -0.2) is 36.1 Å². The second kappa shape index (κ2) is 7.66. The first-order valence-corrected chi connectivity index (χ1v) is 8.46. The fourth-order valence-corrected chi connectivity index (χ4v) is 3.34. The normalized spacial score (nSPS) is 16.5. The Labute approximate surface area is 146 Å². The Morgan fingerprint density at radius 2 is 1.84 bits per heavy atom. The molecule has 3 rings (SSSR count). The molecule has 1 saturated heterocycles. The zero-order chi connectivity index (χ0) is 17.8. The van der Waals surface area contributed by atoms with E-state index in [0.29, 0.717) is 25.9 Å². The second-order valence-electron chi connectivity index (χ2n) is 6.31. The highest BCUT2D eigenvalue weighted by Crippen LogP contribution is 2.31. The number of hydrogen-bond acceptors (Lipinski definition) is 3. The van der Waals surface area contributed by atoms with Gasteiger partial charge >= 0.3 is 0 Å². The number of benzene rings is 2. The molecule has 0 saturated carbocycles. The van der Waals surface area contributed by atoms with Crippen LogP contribution in [0.3, 0.4) is 0 Å². The molecule has 1 amide bonds. The van der Waals surface area contributed by atoms with Crippen LogP contribution in [0.15, 0.2) is 48.5 Å². The van der Waals surface area contributed by atoms with Crippen molar-refractivity contribution in [2.45, 2.75) is 18.9 Å². The highest BCUT2D eigenvalue weighted by atomic mass is 19.1. The van der Waals surface area contributed by atoms with Crippen molar-refractivity contribution in [3.05, 3.63) is 65.5 Å².